The molecule has 1 rings (SSSR count). The third-order valence-corrected chi connectivity index (χ3v) is 1.54. The maximum Gasteiger partial charge on any atom is 0.236 e. The third-order valence-electron chi connectivity index (χ3n) is 1.54. The van der Waals surface area contributed by atoms with E-state index in [2.05, 4.69) is 10.6 Å². The summed E-state index contributed by atoms with van der Waals surface area (Å²) < 4.78 is 0. The van der Waals surface area contributed by atoms with Crippen molar-refractivity contribution in [1.82, 2.24) is 10.6 Å². The largest absolute Gasteiger partial charge is 0.349 e. The number of hydrogen-bond acceptors (Lipinski definition) is 3. The zero-order chi connectivity index (χ0) is 7.56. The summed E-state index contributed by atoms with van der Waals surface area (Å²) in [4.78, 5) is 10.9. The van der Waals surface area contributed by atoms with Crippen LogP contribution in [-0.4, -0.2) is 31.1 Å². The van der Waals surface area contributed by atoms with Crippen molar-refractivity contribution in [3.05, 3.63) is 0 Å². The number of carbonyl (C=O) groups is 1. The molecule has 1 saturated heterocycles. The van der Waals surface area contributed by atoms with Gasteiger partial charge in [0.05, 0.1) is 12.1 Å². The van der Waals surface area contributed by atoms with Crippen LogP contribution in [-0.2, 0) is 4.79 Å². The van der Waals surface area contributed by atoms with Crippen molar-refractivity contribution < 1.29 is 4.79 Å². The molecule has 1 aliphatic rings. The molecule has 4 nitrogen and oxygen atoms in total. The first-order valence-electron chi connectivity index (χ1n) is 3.47. The molecule has 1 atom stereocenters. The third kappa shape index (κ3) is 4.11. The smallest absolute Gasteiger partial charge is 0.236 e. The Morgan fingerprint density at radius 1 is 1.58 bits per heavy atom. The van der Waals surface area contributed by atoms with E-state index in [9.17, 15) is 4.79 Å². The van der Waals surface area contributed by atoms with E-state index in [1.807, 2.05) is 0 Å². The van der Waals surface area contributed by atoms with Gasteiger partial charge in [-0.2, -0.15) is 0 Å². The number of rotatable bonds is 2. The Kier molecular flexibility index (Phi) is 7.83. The van der Waals surface area contributed by atoms with Gasteiger partial charge in [-0.1, -0.05) is 0 Å². The van der Waals surface area contributed by atoms with Crippen molar-refractivity contribution in [2.45, 2.75) is 19.0 Å². The molecular weight excluding hydrogens is 201 g/mol. The number of nitrogens with one attached hydrogen (secondary N) is 2. The van der Waals surface area contributed by atoms with Crippen LogP contribution < -0.4 is 16.4 Å². The van der Waals surface area contributed by atoms with Gasteiger partial charge in [-0.05, 0) is 6.92 Å². The first-order valence-corrected chi connectivity index (χ1v) is 3.47. The van der Waals surface area contributed by atoms with E-state index in [-0.39, 0.29) is 36.8 Å². The Morgan fingerprint density at radius 3 is 2.33 bits per heavy atom. The molecule has 0 unspecified atom stereocenters. The number of hydrogen-bond donors (Lipinski definition) is 3. The Hall–Kier alpha value is -0.0300. The average molecular weight is 216 g/mol. The van der Waals surface area contributed by atoms with Crippen LogP contribution >= 0.6 is 24.8 Å². The Balaban J connectivity index is 0. The van der Waals surface area contributed by atoms with Crippen molar-refractivity contribution in [2.24, 2.45) is 5.73 Å². The summed E-state index contributed by atoms with van der Waals surface area (Å²) in [5.41, 5.74) is 5.33. The lowest BCUT2D eigenvalue weighted by Crippen LogP contribution is -2.59. The van der Waals surface area contributed by atoms with Crippen molar-refractivity contribution in [2.75, 3.05) is 13.1 Å². The molecular formula is C6H15Cl2N3O. The lowest BCUT2D eigenvalue weighted by atomic mass is 10.1. The summed E-state index contributed by atoms with van der Waals surface area (Å²) in [6.07, 6.45) is 0. The molecule has 1 fully saturated rings. The zero-order valence-corrected chi connectivity index (χ0v) is 8.50. The monoisotopic (exact) mass is 215 g/mol. The van der Waals surface area contributed by atoms with Crippen molar-refractivity contribution in [3.8, 4) is 0 Å². The molecule has 4 N–H and O–H groups in total. The summed E-state index contributed by atoms with van der Waals surface area (Å²) in [6, 6.07) is -0.0842. The fourth-order valence-electron chi connectivity index (χ4n) is 0.723. The molecule has 12 heavy (non-hydrogen) atoms. The lowest BCUT2D eigenvalue weighted by Gasteiger charge is -2.28. The fraction of sp³-hybridized carbons (Fsp3) is 0.833. The first-order chi connectivity index (χ1) is 4.70. The van der Waals surface area contributed by atoms with Gasteiger partial charge in [0.15, 0.2) is 0 Å². The molecule has 0 spiro atoms. The van der Waals surface area contributed by atoms with Gasteiger partial charge in [-0.15, -0.1) is 24.8 Å². The molecule has 6 heteroatoms. The van der Waals surface area contributed by atoms with Crippen LogP contribution in [0.1, 0.15) is 6.92 Å². The van der Waals surface area contributed by atoms with Gasteiger partial charge in [0.1, 0.15) is 0 Å². The minimum absolute atomic E-state index is 0. The van der Waals surface area contributed by atoms with Crippen molar-refractivity contribution in [3.63, 3.8) is 0 Å². The Labute approximate surface area is 84.5 Å². The van der Waals surface area contributed by atoms with Gasteiger partial charge in [0, 0.05) is 13.1 Å². The number of nitrogens with two attached hydrogens (primary N) is 1. The van der Waals surface area contributed by atoms with Gasteiger partial charge in [0.25, 0.3) is 0 Å². The number of halogens is 2. The normalized spacial score (nSPS) is 17.8. The summed E-state index contributed by atoms with van der Waals surface area (Å²) in [7, 11) is 0. The standard InChI is InChI=1S/C6H13N3O.2ClH/c1-4(7)6(10)9-5-2-8-3-5;;/h4-5,8H,2-3,7H2,1H3,(H,9,10);2*1H/t4-;;/m0../s1. The maximum atomic E-state index is 10.9. The van der Waals surface area contributed by atoms with Crippen LogP contribution in [0.5, 0.6) is 0 Å². The van der Waals surface area contributed by atoms with Gasteiger partial charge < -0.3 is 16.4 Å². The van der Waals surface area contributed by atoms with E-state index in [1.165, 1.54) is 0 Å². The highest BCUT2D eigenvalue weighted by Gasteiger charge is 2.19. The minimum atomic E-state index is -0.388. The lowest BCUT2D eigenvalue weighted by molar-refractivity contribution is -0.123. The van der Waals surface area contributed by atoms with E-state index in [4.69, 9.17) is 5.73 Å². The quantitative estimate of drug-likeness (QED) is 0.569. The summed E-state index contributed by atoms with van der Waals surface area (Å²) in [5, 5.41) is 5.84. The van der Waals surface area contributed by atoms with E-state index in [0.717, 1.165) is 13.1 Å². The van der Waals surface area contributed by atoms with Crippen LogP contribution in [0.2, 0.25) is 0 Å². The Morgan fingerprint density at radius 2 is 2.08 bits per heavy atom. The topological polar surface area (TPSA) is 67.2 Å². The maximum absolute atomic E-state index is 10.9. The number of amides is 1. The van der Waals surface area contributed by atoms with Gasteiger partial charge in [-0.25, -0.2) is 0 Å². The molecule has 0 aliphatic carbocycles. The summed E-state index contributed by atoms with van der Waals surface area (Å²) in [6.45, 7) is 3.43. The van der Waals surface area contributed by atoms with Gasteiger partial charge in [-0.3, -0.25) is 4.79 Å². The second-order valence-electron chi connectivity index (χ2n) is 2.65. The molecule has 0 radical (unpaired) electrons. The molecule has 0 saturated carbocycles. The van der Waals surface area contributed by atoms with E-state index >= 15 is 0 Å². The highest BCUT2D eigenvalue weighted by atomic mass is 35.5. The zero-order valence-electron chi connectivity index (χ0n) is 6.87. The van der Waals surface area contributed by atoms with E-state index < -0.39 is 0 Å². The Bertz CT molecular complexity index is 139. The van der Waals surface area contributed by atoms with Crippen molar-refractivity contribution >= 4 is 30.7 Å². The highest BCUT2D eigenvalue weighted by Crippen LogP contribution is 1.90. The molecule has 0 aromatic rings. The SMILES string of the molecule is C[C@H](N)C(=O)NC1CNC1.Cl.Cl. The second kappa shape index (κ2) is 6.48. The van der Waals surface area contributed by atoms with Crippen LogP contribution in [0.3, 0.4) is 0 Å². The average Bonchev–Trinajstić information content (AvgIpc) is 1.77. The predicted molar refractivity (Wildman–Crippen MR) is 52.9 cm³/mol. The second-order valence-corrected chi connectivity index (χ2v) is 2.65. The fourth-order valence-corrected chi connectivity index (χ4v) is 0.723. The molecule has 0 aromatic carbocycles. The van der Waals surface area contributed by atoms with Crippen LogP contribution in [0.4, 0.5) is 0 Å². The first kappa shape index (κ1) is 14.5. The molecule has 0 bridgehead atoms. The van der Waals surface area contributed by atoms with Crippen LogP contribution in [0.25, 0.3) is 0 Å². The molecule has 1 aliphatic heterocycles. The van der Waals surface area contributed by atoms with Gasteiger partial charge in [0.2, 0.25) is 5.91 Å². The highest BCUT2D eigenvalue weighted by molar-refractivity contribution is 5.85. The summed E-state index contributed by atoms with van der Waals surface area (Å²) in [5.74, 6) is -0.0634. The molecule has 0 aromatic heterocycles. The van der Waals surface area contributed by atoms with E-state index in [0.29, 0.717) is 6.04 Å². The minimum Gasteiger partial charge on any atom is -0.349 e. The number of carbonyl (C=O) groups excluding carboxylic acids is 1. The predicted octanol–water partition coefficient (Wildman–Crippen LogP) is -0.735. The van der Waals surface area contributed by atoms with E-state index in [1.54, 1.807) is 6.92 Å². The molecule has 74 valence electrons. The van der Waals surface area contributed by atoms with Crippen LogP contribution in [0.15, 0.2) is 0 Å². The van der Waals surface area contributed by atoms with Crippen molar-refractivity contribution in [1.29, 1.82) is 0 Å². The van der Waals surface area contributed by atoms with Gasteiger partial charge >= 0.3 is 0 Å². The van der Waals surface area contributed by atoms with Crippen LogP contribution in [0, 0.1) is 0 Å². The molecule has 1 heterocycles. The summed E-state index contributed by atoms with van der Waals surface area (Å²) >= 11 is 0. The molecule has 1 amide bonds.